The summed E-state index contributed by atoms with van der Waals surface area (Å²) < 4.78 is 5.21. The fourth-order valence-corrected chi connectivity index (χ4v) is 1.45. The molecule has 0 bridgehead atoms. The Balaban J connectivity index is 2.25. The van der Waals surface area contributed by atoms with E-state index in [4.69, 9.17) is 4.52 Å². The molecular formula is C11H14N2O. The zero-order valence-electron chi connectivity index (χ0n) is 8.53. The number of benzene rings is 1. The summed E-state index contributed by atoms with van der Waals surface area (Å²) in [6.07, 6.45) is 0.935. The molecule has 3 nitrogen and oxygen atoms in total. The van der Waals surface area contributed by atoms with Gasteiger partial charge in [0, 0.05) is 18.4 Å². The summed E-state index contributed by atoms with van der Waals surface area (Å²) in [7, 11) is 4.12. The fraction of sp³-hybridized carbons (Fsp3) is 0.364. The van der Waals surface area contributed by atoms with E-state index >= 15 is 0 Å². The molecule has 0 fully saturated rings. The first-order valence-corrected chi connectivity index (χ1v) is 4.75. The molecule has 3 heteroatoms. The minimum absolute atomic E-state index is 0.876. The Bertz CT molecular complexity index is 420. The Morgan fingerprint density at radius 3 is 2.86 bits per heavy atom. The third-order valence-corrected chi connectivity index (χ3v) is 2.25. The van der Waals surface area contributed by atoms with Gasteiger partial charge >= 0.3 is 0 Å². The summed E-state index contributed by atoms with van der Waals surface area (Å²) in [6.45, 7) is 0.997. The van der Waals surface area contributed by atoms with Crippen molar-refractivity contribution in [1.29, 1.82) is 0 Å². The number of aromatic nitrogens is 1. The van der Waals surface area contributed by atoms with Crippen LogP contribution in [0.5, 0.6) is 0 Å². The average Bonchev–Trinajstić information content (AvgIpc) is 2.58. The van der Waals surface area contributed by atoms with Gasteiger partial charge in [0.15, 0.2) is 5.58 Å². The minimum atomic E-state index is 0.876. The van der Waals surface area contributed by atoms with Crippen molar-refractivity contribution >= 4 is 11.0 Å². The molecule has 1 aromatic heterocycles. The molecule has 1 heterocycles. The van der Waals surface area contributed by atoms with Crippen molar-refractivity contribution in [3.8, 4) is 0 Å². The number of fused-ring (bicyclic) bond motifs is 1. The van der Waals surface area contributed by atoms with Gasteiger partial charge in [0.1, 0.15) is 0 Å². The van der Waals surface area contributed by atoms with Crippen molar-refractivity contribution in [3.63, 3.8) is 0 Å². The van der Waals surface area contributed by atoms with E-state index in [0.29, 0.717) is 0 Å². The zero-order valence-corrected chi connectivity index (χ0v) is 8.53. The van der Waals surface area contributed by atoms with Crippen LogP contribution in [0, 0.1) is 0 Å². The molecule has 0 unspecified atom stereocenters. The second-order valence-electron chi connectivity index (χ2n) is 3.68. The van der Waals surface area contributed by atoms with Gasteiger partial charge in [0.05, 0.1) is 5.69 Å². The molecule has 0 N–H and O–H groups in total. The Kier molecular flexibility index (Phi) is 2.50. The number of hydrogen-bond donors (Lipinski definition) is 0. The highest BCUT2D eigenvalue weighted by molar-refractivity contribution is 5.79. The third kappa shape index (κ3) is 1.77. The van der Waals surface area contributed by atoms with Crippen LogP contribution in [-0.4, -0.2) is 30.7 Å². The maximum atomic E-state index is 5.21. The molecular weight excluding hydrogens is 176 g/mol. The molecule has 14 heavy (non-hydrogen) atoms. The van der Waals surface area contributed by atoms with Crippen LogP contribution in [0.2, 0.25) is 0 Å². The second kappa shape index (κ2) is 3.80. The SMILES string of the molecule is CN(C)CCc1noc2ccccc12. The molecule has 0 radical (unpaired) electrons. The van der Waals surface area contributed by atoms with Gasteiger partial charge in [-0.25, -0.2) is 0 Å². The highest BCUT2D eigenvalue weighted by Gasteiger charge is 2.06. The Morgan fingerprint density at radius 2 is 2.07 bits per heavy atom. The summed E-state index contributed by atoms with van der Waals surface area (Å²) in [4.78, 5) is 2.14. The van der Waals surface area contributed by atoms with Gasteiger partial charge in [-0.15, -0.1) is 0 Å². The molecule has 0 spiro atoms. The maximum absolute atomic E-state index is 5.21. The first-order valence-electron chi connectivity index (χ1n) is 4.75. The van der Waals surface area contributed by atoms with Crippen LogP contribution < -0.4 is 0 Å². The summed E-state index contributed by atoms with van der Waals surface area (Å²) >= 11 is 0. The number of para-hydroxylation sites is 1. The first-order chi connectivity index (χ1) is 6.77. The molecule has 74 valence electrons. The Morgan fingerprint density at radius 1 is 1.29 bits per heavy atom. The normalized spacial score (nSPS) is 11.4. The Labute approximate surface area is 83.3 Å². The van der Waals surface area contributed by atoms with Crippen molar-refractivity contribution in [1.82, 2.24) is 10.1 Å². The maximum Gasteiger partial charge on any atom is 0.167 e. The van der Waals surface area contributed by atoms with Crippen LogP contribution in [-0.2, 0) is 6.42 Å². The van der Waals surface area contributed by atoms with Crippen molar-refractivity contribution < 1.29 is 4.52 Å². The molecule has 0 saturated heterocycles. The smallest absolute Gasteiger partial charge is 0.167 e. The highest BCUT2D eigenvalue weighted by atomic mass is 16.5. The van der Waals surface area contributed by atoms with Crippen LogP contribution in [0.4, 0.5) is 0 Å². The number of likely N-dealkylation sites (N-methyl/N-ethyl adjacent to an activating group) is 1. The van der Waals surface area contributed by atoms with Gasteiger partial charge in [0.2, 0.25) is 0 Å². The summed E-state index contributed by atoms with van der Waals surface area (Å²) in [5, 5.41) is 5.20. The fourth-order valence-electron chi connectivity index (χ4n) is 1.45. The van der Waals surface area contributed by atoms with E-state index in [1.165, 1.54) is 0 Å². The van der Waals surface area contributed by atoms with E-state index in [1.807, 2.05) is 18.2 Å². The predicted molar refractivity (Wildman–Crippen MR) is 56.3 cm³/mol. The molecule has 0 amide bonds. The Hall–Kier alpha value is -1.35. The van der Waals surface area contributed by atoms with Gasteiger partial charge in [0.25, 0.3) is 0 Å². The van der Waals surface area contributed by atoms with Crippen LogP contribution >= 0.6 is 0 Å². The monoisotopic (exact) mass is 190 g/mol. The van der Waals surface area contributed by atoms with E-state index in [2.05, 4.69) is 30.2 Å². The lowest BCUT2D eigenvalue weighted by molar-refractivity contribution is 0.398. The van der Waals surface area contributed by atoms with Crippen molar-refractivity contribution in [3.05, 3.63) is 30.0 Å². The average molecular weight is 190 g/mol. The number of hydrogen-bond acceptors (Lipinski definition) is 3. The number of nitrogens with zero attached hydrogens (tertiary/aromatic N) is 2. The first kappa shape index (κ1) is 9.21. The minimum Gasteiger partial charge on any atom is -0.356 e. The summed E-state index contributed by atoms with van der Waals surface area (Å²) in [6, 6.07) is 7.97. The van der Waals surface area contributed by atoms with E-state index in [1.54, 1.807) is 0 Å². The van der Waals surface area contributed by atoms with Crippen LogP contribution in [0.15, 0.2) is 28.8 Å². The molecule has 2 aromatic rings. The highest BCUT2D eigenvalue weighted by Crippen LogP contribution is 2.17. The van der Waals surface area contributed by atoms with Crippen LogP contribution in [0.3, 0.4) is 0 Å². The summed E-state index contributed by atoms with van der Waals surface area (Å²) in [5.74, 6) is 0. The quantitative estimate of drug-likeness (QED) is 0.740. The van der Waals surface area contributed by atoms with Crippen molar-refractivity contribution in [2.45, 2.75) is 6.42 Å². The zero-order chi connectivity index (χ0) is 9.97. The molecule has 0 saturated carbocycles. The van der Waals surface area contributed by atoms with E-state index in [0.717, 1.165) is 29.6 Å². The molecule has 1 aromatic carbocycles. The van der Waals surface area contributed by atoms with Gasteiger partial charge in [-0.05, 0) is 26.2 Å². The van der Waals surface area contributed by atoms with E-state index < -0.39 is 0 Å². The van der Waals surface area contributed by atoms with Crippen LogP contribution in [0.1, 0.15) is 5.69 Å². The van der Waals surface area contributed by atoms with Gasteiger partial charge in [-0.1, -0.05) is 17.3 Å². The third-order valence-electron chi connectivity index (χ3n) is 2.25. The van der Waals surface area contributed by atoms with Crippen molar-refractivity contribution in [2.24, 2.45) is 0 Å². The lowest BCUT2D eigenvalue weighted by Crippen LogP contribution is -2.15. The van der Waals surface area contributed by atoms with Crippen molar-refractivity contribution in [2.75, 3.05) is 20.6 Å². The van der Waals surface area contributed by atoms with E-state index in [-0.39, 0.29) is 0 Å². The van der Waals surface area contributed by atoms with E-state index in [9.17, 15) is 0 Å². The predicted octanol–water partition coefficient (Wildman–Crippen LogP) is 1.93. The lowest BCUT2D eigenvalue weighted by atomic mass is 10.2. The molecule has 0 atom stereocenters. The number of rotatable bonds is 3. The topological polar surface area (TPSA) is 29.3 Å². The molecule has 0 aliphatic heterocycles. The van der Waals surface area contributed by atoms with Crippen LogP contribution in [0.25, 0.3) is 11.0 Å². The molecule has 2 rings (SSSR count). The molecule has 0 aliphatic carbocycles. The summed E-state index contributed by atoms with van der Waals surface area (Å²) in [5.41, 5.74) is 1.93. The lowest BCUT2D eigenvalue weighted by Gasteiger charge is -2.06. The largest absolute Gasteiger partial charge is 0.356 e. The standard InChI is InChI=1S/C11H14N2O/c1-13(2)8-7-10-9-5-3-4-6-11(9)14-12-10/h3-6H,7-8H2,1-2H3. The van der Waals surface area contributed by atoms with Gasteiger partial charge < -0.3 is 9.42 Å². The second-order valence-corrected chi connectivity index (χ2v) is 3.68. The molecule has 0 aliphatic rings. The van der Waals surface area contributed by atoms with Gasteiger partial charge in [-0.3, -0.25) is 0 Å². The van der Waals surface area contributed by atoms with Gasteiger partial charge in [-0.2, -0.15) is 0 Å².